The molecule has 0 aliphatic carbocycles. The summed E-state index contributed by atoms with van der Waals surface area (Å²) in [6, 6.07) is 20.2. The van der Waals surface area contributed by atoms with E-state index < -0.39 is 30.3 Å². The highest BCUT2D eigenvalue weighted by atomic mass is 16.5. The standard InChI is InChI=1S/C28H24N2O7/c31-25(29-19-9-11-21(12-10-19)37-20-5-2-1-3-6-20)17-36-28(34)18-8-13-23-24(15-18)27(33)30(26(23)32)16-22-7-4-14-35-22/h1-3,5-6,8-13,15,22H,4,7,14,16-17H2,(H,29,31)/t22-/m1/s1. The second kappa shape index (κ2) is 10.6. The van der Waals surface area contributed by atoms with E-state index in [0.29, 0.717) is 23.8 Å². The smallest absolute Gasteiger partial charge is 0.338 e. The van der Waals surface area contributed by atoms with Gasteiger partial charge < -0.3 is 19.5 Å². The molecule has 1 N–H and O–H groups in total. The number of nitrogens with one attached hydrogen (secondary N) is 1. The summed E-state index contributed by atoms with van der Waals surface area (Å²) in [4.78, 5) is 51.4. The molecule has 0 unspecified atom stereocenters. The largest absolute Gasteiger partial charge is 0.457 e. The molecule has 5 rings (SSSR count). The molecule has 0 aromatic heterocycles. The highest BCUT2D eigenvalue weighted by Crippen LogP contribution is 2.26. The lowest BCUT2D eigenvalue weighted by molar-refractivity contribution is -0.119. The fourth-order valence-corrected chi connectivity index (χ4v) is 4.22. The number of esters is 1. The van der Waals surface area contributed by atoms with E-state index in [1.807, 2.05) is 30.3 Å². The van der Waals surface area contributed by atoms with Crippen molar-refractivity contribution in [1.82, 2.24) is 4.90 Å². The van der Waals surface area contributed by atoms with Gasteiger partial charge in [0, 0.05) is 12.3 Å². The molecule has 3 aromatic carbocycles. The Kier molecular flexibility index (Phi) is 6.96. The summed E-state index contributed by atoms with van der Waals surface area (Å²) in [5.41, 5.74) is 0.959. The lowest BCUT2D eigenvalue weighted by Crippen LogP contribution is -2.36. The van der Waals surface area contributed by atoms with Crippen LogP contribution in [0.1, 0.15) is 43.9 Å². The fourth-order valence-electron chi connectivity index (χ4n) is 4.22. The van der Waals surface area contributed by atoms with Crippen molar-refractivity contribution in [3.8, 4) is 11.5 Å². The monoisotopic (exact) mass is 500 g/mol. The van der Waals surface area contributed by atoms with Crippen LogP contribution >= 0.6 is 0 Å². The van der Waals surface area contributed by atoms with Crippen LogP contribution in [0, 0.1) is 0 Å². The number of rotatable bonds is 8. The van der Waals surface area contributed by atoms with Gasteiger partial charge in [-0.2, -0.15) is 0 Å². The second-order valence-electron chi connectivity index (χ2n) is 8.68. The number of amides is 3. The van der Waals surface area contributed by atoms with Crippen molar-refractivity contribution in [1.29, 1.82) is 0 Å². The summed E-state index contributed by atoms with van der Waals surface area (Å²) in [5.74, 6) is -0.880. The van der Waals surface area contributed by atoms with Crippen molar-refractivity contribution >= 4 is 29.4 Å². The Hall–Kier alpha value is -4.50. The molecule has 2 aliphatic heterocycles. The van der Waals surface area contributed by atoms with Gasteiger partial charge in [-0.05, 0) is 67.4 Å². The van der Waals surface area contributed by atoms with Crippen LogP contribution in [0.25, 0.3) is 0 Å². The molecule has 37 heavy (non-hydrogen) atoms. The zero-order chi connectivity index (χ0) is 25.8. The zero-order valence-corrected chi connectivity index (χ0v) is 19.8. The molecule has 2 heterocycles. The molecule has 1 saturated heterocycles. The molecule has 1 fully saturated rings. The molecule has 9 heteroatoms. The third kappa shape index (κ3) is 5.52. The van der Waals surface area contributed by atoms with E-state index >= 15 is 0 Å². The van der Waals surface area contributed by atoms with Crippen LogP contribution in [0.3, 0.4) is 0 Å². The van der Waals surface area contributed by atoms with E-state index in [0.717, 1.165) is 17.7 Å². The number of benzene rings is 3. The minimum Gasteiger partial charge on any atom is -0.457 e. The summed E-state index contributed by atoms with van der Waals surface area (Å²) in [6.45, 7) is 0.285. The van der Waals surface area contributed by atoms with Crippen molar-refractivity contribution in [3.63, 3.8) is 0 Å². The van der Waals surface area contributed by atoms with Crippen LogP contribution in [0.5, 0.6) is 11.5 Å². The summed E-state index contributed by atoms with van der Waals surface area (Å²) < 4.78 is 16.4. The Bertz CT molecular complexity index is 1330. The number of nitrogens with zero attached hydrogens (tertiary/aromatic N) is 1. The molecular formula is C28H24N2O7. The highest BCUT2D eigenvalue weighted by molar-refractivity contribution is 6.22. The van der Waals surface area contributed by atoms with E-state index in [4.69, 9.17) is 14.2 Å². The summed E-state index contributed by atoms with van der Waals surface area (Å²) in [5, 5.41) is 2.65. The Labute approximate surface area is 212 Å². The zero-order valence-electron chi connectivity index (χ0n) is 19.8. The highest BCUT2D eigenvalue weighted by Gasteiger charge is 2.38. The Morgan fingerprint density at radius 1 is 0.919 bits per heavy atom. The van der Waals surface area contributed by atoms with Crippen LogP contribution < -0.4 is 10.1 Å². The first-order valence-electron chi connectivity index (χ1n) is 11.9. The molecule has 0 radical (unpaired) electrons. The second-order valence-corrected chi connectivity index (χ2v) is 8.68. The van der Waals surface area contributed by atoms with Gasteiger partial charge in [-0.25, -0.2) is 4.79 Å². The molecule has 9 nitrogen and oxygen atoms in total. The third-order valence-electron chi connectivity index (χ3n) is 6.07. The van der Waals surface area contributed by atoms with Crippen LogP contribution in [-0.4, -0.2) is 54.5 Å². The van der Waals surface area contributed by atoms with Crippen LogP contribution in [0.4, 0.5) is 5.69 Å². The van der Waals surface area contributed by atoms with Crippen LogP contribution in [0.15, 0.2) is 72.8 Å². The molecule has 0 bridgehead atoms. The Morgan fingerprint density at radius 3 is 2.38 bits per heavy atom. The molecule has 0 saturated carbocycles. The van der Waals surface area contributed by atoms with E-state index in [9.17, 15) is 19.2 Å². The molecule has 188 valence electrons. The number of hydrogen-bond donors (Lipinski definition) is 1. The minimum atomic E-state index is -0.776. The predicted octanol–water partition coefficient (Wildman–Crippen LogP) is 4.05. The molecule has 2 aliphatic rings. The van der Waals surface area contributed by atoms with Gasteiger partial charge in [-0.3, -0.25) is 19.3 Å². The van der Waals surface area contributed by atoms with Crippen LogP contribution in [0.2, 0.25) is 0 Å². The first-order valence-corrected chi connectivity index (χ1v) is 11.9. The quantitative estimate of drug-likeness (QED) is 0.367. The summed E-state index contributed by atoms with van der Waals surface area (Å²) in [6.07, 6.45) is 1.52. The van der Waals surface area contributed by atoms with Gasteiger partial charge >= 0.3 is 5.97 Å². The van der Waals surface area contributed by atoms with Gasteiger partial charge in [0.1, 0.15) is 11.5 Å². The first-order chi connectivity index (χ1) is 18.0. The number of carbonyl (C=O) groups excluding carboxylic acids is 4. The Balaban J connectivity index is 1.14. The third-order valence-corrected chi connectivity index (χ3v) is 6.07. The number of hydrogen-bond acceptors (Lipinski definition) is 7. The average Bonchev–Trinajstić information content (AvgIpc) is 3.52. The molecular weight excluding hydrogens is 476 g/mol. The van der Waals surface area contributed by atoms with Crippen molar-refractivity contribution in [3.05, 3.63) is 89.5 Å². The number of imide groups is 1. The minimum absolute atomic E-state index is 0.0779. The van der Waals surface area contributed by atoms with Gasteiger partial charge in [-0.1, -0.05) is 18.2 Å². The van der Waals surface area contributed by atoms with Crippen molar-refractivity contribution < 1.29 is 33.4 Å². The lowest BCUT2D eigenvalue weighted by Gasteiger charge is -2.17. The predicted molar refractivity (Wildman–Crippen MR) is 133 cm³/mol. The number of anilines is 1. The summed E-state index contributed by atoms with van der Waals surface area (Å²) >= 11 is 0. The van der Waals surface area contributed by atoms with Gasteiger partial charge in [-0.15, -0.1) is 0 Å². The molecule has 0 spiro atoms. The maximum atomic E-state index is 12.8. The van der Waals surface area contributed by atoms with Crippen LogP contribution in [-0.2, 0) is 14.3 Å². The van der Waals surface area contributed by atoms with E-state index in [2.05, 4.69) is 5.32 Å². The van der Waals surface area contributed by atoms with E-state index in [-0.39, 0.29) is 29.3 Å². The van der Waals surface area contributed by atoms with Crippen molar-refractivity contribution in [2.75, 3.05) is 25.1 Å². The number of ether oxygens (including phenoxy) is 3. The first kappa shape index (κ1) is 24.2. The van der Waals surface area contributed by atoms with Gasteiger partial charge in [0.2, 0.25) is 0 Å². The van der Waals surface area contributed by atoms with Crippen molar-refractivity contribution in [2.24, 2.45) is 0 Å². The van der Waals surface area contributed by atoms with E-state index in [1.54, 1.807) is 24.3 Å². The Morgan fingerprint density at radius 2 is 1.65 bits per heavy atom. The molecule has 3 amide bonds. The van der Waals surface area contributed by atoms with E-state index in [1.165, 1.54) is 18.2 Å². The lowest BCUT2D eigenvalue weighted by atomic mass is 10.1. The SMILES string of the molecule is O=C(COC(=O)c1ccc2c(c1)C(=O)N(C[C@H]1CCCO1)C2=O)Nc1ccc(Oc2ccccc2)cc1. The molecule has 3 aromatic rings. The molecule has 1 atom stereocenters. The van der Waals surface area contributed by atoms with Crippen molar-refractivity contribution in [2.45, 2.75) is 18.9 Å². The fraction of sp³-hybridized carbons (Fsp3) is 0.214. The normalized spacial score (nSPS) is 16.4. The maximum Gasteiger partial charge on any atom is 0.338 e. The van der Waals surface area contributed by atoms with Gasteiger partial charge in [0.15, 0.2) is 6.61 Å². The van der Waals surface area contributed by atoms with Gasteiger partial charge in [0.05, 0.1) is 29.3 Å². The maximum absolute atomic E-state index is 12.8. The topological polar surface area (TPSA) is 111 Å². The summed E-state index contributed by atoms with van der Waals surface area (Å²) in [7, 11) is 0. The number of fused-ring (bicyclic) bond motifs is 1. The number of para-hydroxylation sites is 1. The van der Waals surface area contributed by atoms with Gasteiger partial charge in [0.25, 0.3) is 17.7 Å². The number of carbonyl (C=O) groups is 4. The average molecular weight is 501 g/mol.